The van der Waals surface area contributed by atoms with E-state index < -0.39 is 5.54 Å². The van der Waals surface area contributed by atoms with E-state index in [9.17, 15) is 9.59 Å². The minimum absolute atomic E-state index is 0. The predicted molar refractivity (Wildman–Crippen MR) is 104 cm³/mol. The molecule has 2 fully saturated rings. The summed E-state index contributed by atoms with van der Waals surface area (Å²) in [6.07, 6.45) is 5.26. The molecule has 1 aliphatic carbocycles. The molecule has 0 bridgehead atoms. The van der Waals surface area contributed by atoms with Crippen molar-refractivity contribution in [2.24, 2.45) is 0 Å². The first-order chi connectivity index (χ1) is 12.2. The van der Waals surface area contributed by atoms with E-state index in [4.69, 9.17) is 0 Å². The van der Waals surface area contributed by atoms with Crippen molar-refractivity contribution in [2.45, 2.75) is 56.7 Å². The second-order valence-electron chi connectivity index (χ2n) is 7.08. The Bertz CT molecular complexity index is 584. The monoisotopic (exact) mass is 380 g/mol. The Hall–Kier alpha value is -1.79. The van der Waals surface area contributed by atoms with Crippen LogP contribution in [0.5, 0.6) is 0 Å². The molecule has 0 unspecified atom stereocenters. The number of nitrogens with one attached hydrogen (secondary N) is 4. The van der Waals surface area contributed by atoms with Gasteiger partial charge in [-0.3, -0.25) is 4.79 Å². The van der Waals surface area contributed by atoms with Gasteiger partial charge in [-0.15, -0.1) is 12.4 Å². The zero-order valence-electron chi connectivity index (χ0n) is 15.1. The van der Waals surface area contributed by atoms with Crippen LogP contribution in [0, 0.1) is 0 Å². The highest BCUT2D eigenvalue weighted by molar-refractivity contribution is 5.91. The summed E-state index contributed by atoms with van der Waals surface area (Å²) < 4.78 is 0. The van der Waals surface area contributed by atoms with Gasteiger partial charge in [0.25, 0.3) is 0 Å². The van der Waals surface area contributed by atoms with Gasteiger partial charge in [0, 0.05) is 12.6 Å². The van der Waals surface area contributed by atoms with E-state index in [1.807, 2.05) is 30.3 Å². The normalized spacial score (nSPS) is 19.2. The van der Waals surface area contributed by atoms with Gasteiger partial charge < -0.3 is 21.3 Å². The molecule has 1 aliphatic heterocycles. The van der Waals surface area contributed by atoms with Gasteiger partial charge in [-0.05, 0) is 44.3 Å². The van der Waals surface area contributed by atoms with Crippen molar-refractivity contribution < 1.29 is 9.59 Å². The number of hydrogen-bond acceptors (Lipinski definition) is 3. The highest BCUT2D eigenvalue weighted by Gasteiger charge is 2.43. The van der Waals surface area contributed by atoms with Crippen LogP contribution in [-0.4, -0.2) is 36.6 Å². The molecule has 26 heavy (non-hydrogen) atoms. The van der Waals surface area contributed by atoms with Crippen LogP contribution < -0.4 is 21.3 Å². The van der Waals surface area contributed by atoms with Crippen molar-refractivity contribution in [3.8, 4) is 0 Å². The van der Waals surface area contributed by atoms with Crippen molar-refractivity contribution in [2.75, 3.05) is 13.1 Å². The van der Waals surface area contributed by atoms with Crippen LogP contribution in [0.15, 0.2) is 30.3 Å². The van der Waals surface area contributed by atoms with Gasteiger partial charge in [0.05, 0.1) is 0 Å². The summed E-state index contributed by atoms with van der Waals surface area (Å²) in [5, 5.41) is 12.3. The number of urea groups is 1. The summed E-state index contributed by atoms with van der Waals surface area (Å²) in [4.78, 5) is 25.2. The van der Waals surface area contributed by atoms with E-state index >= 15 is 0 Å². The summed E-state index contributed by atoms with van der Waals surface area (Å²) in [5.41, 5.74) is 0.281. The summed E-state index contributed by atoms with van der Waals surface area (Å²) in [6, 6.07) is 9.71. The fraction of sp³-hybridized carbons (Fsp3) is 0.579. The van der Waals surface area contributed by atoms with Gasteiger partial charge in [0.15, 0.2) is 0 Å². The van der Waals surface area contributed by atoms with Gasteiger partial charge in [0.1, 0.15) is 5.54 Å². The van der Waals surface area contributed by atoms with E-state index in [-0.39, 0.29) is 30.4 Å². The lowest BCUT2D eigenvalue weighted by molar-refractivity contribution is -0.128. The number of carbonyl (C=O) groups is 2. The first kappa shape index (κ1) is 20.5. The Labute approximate surface area is 161 Å². The van der Waals surface area contributed by atoms with Crippen molar-refractivity contribution in [3.05, 3.63) is 35.9 Å². The van der Waals surface area contributed by atoms with Crippen molar-refractivity contribution in [3.63, 3.8) is 0 Å². The van der Waals surface area contributed by atoms with E-state index in [2.05, 4.69) is 21.3 Å². The molecule has 2 aliphatic rings. The number of benzene rings is 1. The number of hydrogen-bond donors (Lipinski definition) is 4. The molecule has 3 amide bonds. The molecule has 6 nitrogen and oxygen atoms in total. The van der Waals surface area contributed by atoms with Gasteiger partial charge in [-0.1, -0.05) is 43.2 Å². The van der Waals surface area contributed by atoms with E-state index in [1.54, 1.807) is 0 Å². The highest BCUT2D eigenvalue weighted by Crippen LogP contribution is 2.30. The molecule has 1 saturated heterocycles. The topological polar surface area (TPSA) is 82.3 Å². The molecule has 7 heteroatoms. The third-order valence-electron chi connectivity index (χ3n) is 5.21. The lowest BCUT2D eigenvalue weighted by atomic mass is 9.95. The van der Waals surface area contributed by atoms with Gasteiger partial charge in [-0.2, -0.15) is 0 Å². The van der Waals surface area contributed by atoms with Crippen LogP contribution in [0.2, 0.25) is 0 Å². The molecule has 0 atom stereocenters. The SMILES string of the molecule is Cl.O=C(NCc1ccccc1)NC1(C(=O)NC2CCNCC2)CCCC1. The maximum Gasteiger partial charge on any atom is 0.315 e. The summed E-state index contributed by atoms with van der Waals surface area (Å²) >= 11 is 0. The molecule has 0 radical (unpaired) electrons. The third-order valence-corrected chi connectivity index (χ3v) is 5.21. The average molecular weight is 381 g/mol. The van der Waals surface area contributed by atoms with Crippen LogP contribution in [0.25, 0.3) is 0 Å². The number of carbonyl (C=O) groups excluding carboxylic acids is 2. The first-order valence-electron chi connectivity index (χ1n) is 9.30. The lowest BCUT2D eigenvalue weighted by Gasteiger charge is -2.32. The molecule has 1 aromatic carbocycles. The van der Waals surface area contributed by atoms with Crippen molar-refractivity contribution in [1.82, 2.24) is 21.3 Å². The standard InChI is InChI=1S/C19H28N4O2.ClH/c24-17(22-16-8-12-20-13-9-16)19(10-4-5-11-19)23-18(25)21-14-15-6-2-1-3-7-15;/h1-3,6-7,16,20H,4-5,8-14H2,(H,22,24)(H2,21,23,25);1H. The van der Waals surface area contributed by atoms with Gasteiger partial charge in [0.2, 0.25) is 5.91 Å². The maximum atomic E-state index is 12.9. The summed E-state index contributed by atoms with van der Waals surface area (Å²) in [5.74, 6) is -0.0215. The Morgan fingerprint density at radius 1 is 1.08 bits per heavy atom. The molecule has 4 N–H and O–H groups in total. The van der Waals surface area contributed by atoms with Gasteiger partial charge in [-0.25, -0.2) is 4.79 Å². The molecular formula is C19H29ClN4O2. The summed E-state index contributed by atoms with van der Waals surface area (Å²) in [7, 11) is 0. The molecule has 0 aromatic heterocycles. The van der Waals surface area contributed by atoms with E-state index in [0.29, 0.717) is 19.4 Å². The Morgan fingerprint density at radius 3 is 2.38 bits per heavy atom. The largest absolute Gasteiger partial charge is 0.351 e. The second-order valence-corrected chi connectivity index (χ2v) is 7.08. The van der Waals surface area contributed by atoms with Crippen LogP contribution in [0.1, 0.15) is 44.1 Å². The minimum atomic E-state index is -0.758. The van der Waals surface area contributed by atoms with Crippen molar-refractivity contribution >= 4 is 24.3 Å². The Kier molecular flexibility index (Phi) is 7.72. The van der Waals surface area contributed by atoms with Crippen LogP contribution in [-0.2, 0) is 11.3 Å². The van der Waals surface area contributed by atoms with Crippen LogP contribution in [0.3, 0.4) is 0 Å². The Morgan fingerprint density at radius 2 is 1.73 bits per heavy atom. The summed E-state index contributed by atoms with van der Waals surface area (Å²) in [6.45, 7) is 2.32. The molecule has 0 spiro atoms. The zero-order valence-corrected chi connectivity index (χ0v) is 15.9. The van der Waals surface area contributed by atoms with Crippen LogP contribution in [0.4, 0.5) is 4.79 Å². The van der Waals surface area contributed by atoms with E-state index in [0.717, 1.165) is 44.3 Å². The maximum absolute atomic E-state index is 12.9. The molecule has 3 rings (SSSR count). The molecule has 144 valence electrons. The zero-order chi connectivity index (χ0) is 17.5. The minimum Gasteiger partial charge on any atom is -0.351 e. The fourth-order valence-corrected chi connectivity index (χ4v) is 3.72. The predicted octanol–water partition coefficient (Wildman–Crippen LogP) is 2.09. The first-order valence-corrected chi connectivity index (χ1v) is 9.30. The van der Waals surface area contributed by atoms with E-state index in [1.165, 1.54) is 0 Å². The quantitative estimate of drug-likeness (QED) is 0.631. The molecule has 1 saturated carbocycles. The highest BCUT2D eigenvalue weighted by atomic mass is 35.5. The smallest absolute Gasteiger partial charge is 0.315 e. The fourth-order valence-electron chi connectivity index (χ4n) is 3.72. The number of amides is 3. The van der Waals surface area contributed by atoms with Crippen LogP contribution >= 0.6 is 12.4 Å². The molecule has 1 heterocycles. The number of halogens is 1. The number of rotatable bonds is 5. The van der Waals surface area contributed by atoms with Crippen molar-refractivity contribution in [1.29, 1.82) is 0 Å². The Balaban J connectivity index is 0.00000243. The lowest BCUT2D eigenvalue weighted by Crippen LogP contribution is -2.61. The molecular weight excluding hydrogens is 352 g/mol. The average Bonchev–Trinajstić information content (AvgIpc) is 3.11. The third kappa shape index (κ3) is 5.35. The number of piperidine rings is 1. The second kappa shape index (κ2) is 9.78. The van der Waals surface area contributed by atoms with Gasteiger partial charge >= 0.3 is 6.03 Å². The molecule has 1 aromatic rings.